The van der Waals surface area contributed by atoms with Crippen LogP contribution >= 0.6 is 47.6 Å². The number of amides is 2. The SMILES string of the molecule is CCN1C(=CC=CC=CC2=[N+](CC)c3ccccc3C2(C)CCC(=O)NCCCCCC(=O)NC/C=C/c2cn(C3OC(COP(=O)([O-])OP(=O)([O-])OP(=O)(O)O)C(O)C3O)c(=O)[nH]c2=O)C(C)(CCCSOO[O-])c2cc(SOO[O-])ccc21.[Li+].[Li+].[Li+].[Li+]. The number of carbonyl (C=O) groups excluding carboxylic acids is 2. The average Bonchev–Trinajstić information content (AvgIpc) is 1.62. The summed E-state index contributed by atoms with van der Waals surface area (Å²) in [5.74, 6) is 0.105. The van der Waals surface area contributed by atoms with Gasteiger partial charge < -0.3 is 65.1 Å². The summed E-state index contributed by atoms with van der Waals surface area (Å²) >= 11 is 1.76. The number of nitrogens with one attached hydrogen (secondary N) is 3. The molecule has 4 heterocycles. The zero-order chi connectivity index (χ0) is 62.2. The first kappa shape index (κ1) is 82.7. The summed E-state index contributed by atoms with van der Waals surface area (Å²) in [6, 6.07) is 14.0. The van der Waals surface area contributed by atoms with Crippen LogP contribution < -0.4 is 123 Å². The minimum atomic E-state index is -6.17. The second-order valence-electron chi connectivity index (χ2n) is 19.8. The summed E-state index contributed by atoms with van der Waals surface area (Å²) in [6.45, 7) is 8.98. The normalized spacial score (nSPS) is 22.3. The Balaban J connectivity index is 0.00000675. The van der Waals surface area contributed by atoms with E-state index < -0.39 is 76.7 Å². The number of hydrogen-bond acceptors (Lipinski definition) is 24. The van der Waals surface area contributed by atoms with Gasteiger partial charge in [-0.1, -0.05) is 55.0 Å². The van der Waals surface area contributed by atoms with Crippen molar-refractivity contribution < 1.29 is 180 Å². The number of hydrogen-bond donors (Lipinski definition) is 7. The van der Waals surface area contributed by atoms with Crippen LogP contribution in [0.4, 0.5) is 11.4 Å². The summed E-state index contributed by atoms with van der Waals surface area (Å²) in [4.78, 5) is 97.0. The molecule has 1 aromatic heterocycles. The summed E-state index contributed by atoms with van der Waals surface area (Å²) in [6.07, 6.45) is 10.4. The Bertz CT molecular complexity index is 3290. The zero-order valence-electron chi connectivity index (χ0n) is 50.4. The van der Waals surface area contributed by atoms with Crippen LogP contribution in [0.1, 0.15) is 102 Å². The molecular formula is C51H66Li4N6O23P3S2+. The molecule has 3 aliphatic heterocycles. The van der Waals surface area contributed by atoms with Gasteiger partial charge in [0.15, 0.2) is 11.9 Å². The number of carbonyl (C=O) groups is 2. The van der Waals surface area contributed by atoms with E-state index in [2.05, 4.69) is 104 Å². The van der Waals surface area contributed by atoms with Gasteiger partial charge in [0, 0.05) is 95.9 Å². The van der Waals surface area contributed by atoms with E-state index in [4.69, 9.17) is 14.5 Å². The Kier molecular flexibility index (Phi) is 35.5. The zero-order valence-corrected chi connectivity index (χ0v) is 54.7. The Morgan fingerprint density at radius 1 is 0.831 bits per heavy atom. The van der Waals surface area contributed by atoms with E-state index in [0.29, 0.717) is 73.4 Å². The molecule has 2 aromatic carbocycles. The molecule has 3 aliphatic rings. The Morgan fingerprint density at radius 3 is 2.22 bits per heavy atom. The maximum absolute atomic E-state index is 13.3. The van der Waals surface area contributed by atoms with Crippen LogP contribution in [0.25, 0.3) is 6.08 Å². The number of aliphatic hydroxyl groups excluding tert-OH is 2. The van der Waals surface area contributed by atoms with Gasteiger partial charge in [0.2, 0.25) is 17.5 Å². The smallest absolute Gasteiger partial charge is 0.756 e. The van der Waals surface area contributed by atoms with Crippen molar-refractivity contribution in [2.45, 2.75) is 119 Å². The number of para-hydroxylation sites is 1. The van der Waals surface area contributed by atoms with E-state index in [1.54, 1.807) is 0 Å². The van der Waals surface area contributed by atoms with Crippen molar-refractivity contribution in [2.24, 2.45) is 0 Å². The molecule has 38 heteroatoms. The number of likely N-dealkylation sites (N-methyl/N-ethyl adjacent to an activating group) is 1. The predicted molar refractivity (Wildman–Crippen MR) is 300 cm³/mol. The summed E-state index contributed by atoms with van der Waals surface area (Å²) in [5.41, 5.74) is 3.23. The van der Waals surface area contributed by atoms with Crippen molar-refractivity contribution in [1.29, 1.82) is 0 Å². The van der Waals surface area contributed by atoms with Crippen molar-refractivity contribution in [3.8, 4) is 0 Å². The third kappa shape index (κ3) is 22.9. The summed E-state index contributed by atoms with van der Waals surface area (Å²) < 4.78 is 62.9. The van der Waals surface area contributed by atoms with Crippen LogP contribution in [-0.4, -0.2) is 109 Å². The van der Waals surface area contributed by atoms with Gasteiger partial charge in [-0.3, -0.25) is 43.1 Å². The van der Waals surface area contributed by atoms with Crippen molar-refractivity contribution in [1.82, 2.24) is 20.2 Å². The molecule has 2 amide bonds. The first-order valence-corrected chi connectivity index (χ1v) is 32.7. The van der Waals surface area contributed by atoms with Crippen LogP contribution in [0.3, 0.4) is 0 Å². The van der Waals surface area contributed by atoms with Crippen LogP contribution in [0, 0.1) is 0 Å². The molecule has 7 N–H and O–H groups in total. The van der Waals surface area contributed by atoms with Crippen molar-refractivity contribution in [3.05, 3.63) is 128 Å². The molecule has 0 radical (unpaired) electrons. The Labute approximate surface area is 569 Å². The van der Waals surface area contributed by atoms with Crippen LogP contribution in [0.5, 0.6) is 0 Å². The molecule has 468 valence electrons. The fourth-order valence-electron chi connectivity index (χ4n) is 10.3. The van der Waals surface area contributed by atoms with Gasteiger partial charge in [-0.2, -0.15) is 13.2 Å². The standard InChI is InChI=1S/C51H69N6O23P3S2.4Li/c1-5-55-38-19-13-12-18-36(38)51(4,42(55)21-10-7-9-20-41-50(3,26-16-30-84-77-75-64)37-31-35(85-78-76-65)23-24-39(37)56(41)6-2)27-25-44(59)52-28-14-8-11-22-43(58)53-29-15-17-34-32-57(49(63)54-47(34)62)48-46(61)45(60)40(74-48)33-73-82(69,70)80-83(71,72)79-81(66,67)68;;;;/h7,9-10,12-13,15,17-21,23-24,31-32,40,45-46,48,60-61H,5-6,8,11,14,16,22,25-30,33H2,1-4H3,(H8-,52,53,54,58,59,62,63,64,65,66,67,68,69,70,71,72);;;;/q;4*+1/p-3/b17-15+;;;;. The second kappa shape index (κ2) is 38.2. The van der Waals surface area contributed by atoms with Gasteiger partial charge in [0.05, 0.1) is 29.6 Å². The van der Waals surface area contributed by atoms with Gasteiger partial charge in [-0.25, -0.2) is 18.0 Å². The number of allylic oxidation sites excluding steroid dienone is 6. The molecule has 0 saturated carbocycles. The van der Waals surface area contributed by atoms with E-state index in [-0.39, 0.29) is 112 Å². The number of benzene rings is 2. The van der Waals surface area contributed by atoms with Crippen LogP contribution in [0.2, 0.25) is 0 Å². The van der Waals surface area contributed by atoms with E-state index in [9.17, 15) is 63.4 Å². The van der Waals surface area contributed by atoms with E-state index in [0.717, 1.165) is 64.2 Å². The molecule has 0 spiro atoms. The summed E-state index contributed by atoms with van der Waals surface area (Å²) in [5, 5.41) is 54.9. The topological polar surface area (TPSA) is 418 Å². The second-order valence-corrected chi connectivity index (χ2v) is 25.7. The molecule has 89 heavy (non-hydrogen) atoms. The fourth-order valence-corrected chi connectivity index (χ4v) is 14.0. The quantitative estimate of drug-likeness (QED) is 0.00427. The third-order valence-corrected chi connectivity index (χ3v) is 19.1. The minimum Gasteiger partial charge on any atom is -0.756 e. The molecule has 3 aromatic rings. The van der Waals surface area contributed by atoms with Crippen molar-refractivity contribution in [2.75, 3.05) is 43.4 Å². The molecule has 0 aliphatic carbocycles. The van der Waals surface area contributed by atoms with Gasteiger partial charge in [0.25, 0.3) is 21.2 Å². The number of anilines is 1. The monoisotopic (exact) mass is 1320 g/mol. The number of H-pyrrole nitrogens is 1. The molecular weight excluding hydrogens is 1250 g/mol. The maximum Gasteiger partial charge on any atom is 1.00 e. The number of aliphatic hydroxyl groups is 2. The van der Waals surface area contributed by atoms with E-state index in [1.165, 1.54) is 12.2 Å². The molecule has 1 fully saturated rings. The Hall–Kier alpha value is -2.37. The fraction of sp³-hybridized carbons (Fsp3) is 0.471. The number of rotatable bonds is 34. The predicted octanol–water partition coefficient (Wildman–Crippen LogP) is -9.41. The number of nitrogens with zero attached hydrogens (tertiary/aromatic N) is 3. The van der Waals surface area contributed by atoms with Gasteiger partial charge >= 0.3 is 89.0 Å². The number of aromatic amines is 1. The number of phosphoric acid groups is 3. The molecule has 8 unspecified atom stereocenters. The number of unbranched alkanes of at least 4 members (excludes halogenated alkanes) is 2. The van der Waals surface area contributed by atoms with Crippen molar-refractivity contribution >= 4 is 82.5 Å². The summed E-state index contributed by atoms with van der Waals surface area (Å²) in [7, 11) is -17.9. The number of ether oxygens (including phenoxy) is 1. The Morgan fingerprint density at radius 2 is 1.54 bits per heavy atom. The number of aromatic nitrogens is 2. The average molecular weight is 1320 g/mol. The van der Waals surface area contributed by atoms with Crippen molar-refractivity contribution in [3.63, 3.8) is 0 Å². The van der Waals surface area contributed by atoms with Crippen LogP contribution in [0.15, 0.2) is 105 Å². The van der Waals surface area contributed by atoms with Gasteiger partial charge in [-0.15, -0.1) is 0 Å². The minimum absolute atomic E-state index is 0. The molecule has 29 nitrogen and oxygen atoms in total. The molecule has 0 bridgehead atoms. The number of fused-ring (bicyclic) bond motifs is 2. The van der Waals surface area contributed by atoms with E-state index >= 15 is 0 Å². The third-order valence-electron chi connectivity index (χ3n) is 14.2. The molecule has 1 saturated heterocycles. The van der Waals surface area contributed by atoms with Crippen LogP contribution in [-0.2, 0) is 70.7 Å². The molecule has 8 atom stereocenters. The largest absolute Gasteiger partial charge is 1.00 e. The number of phosphoric ester groups is 1. The first-order valence-electron chi connectivity index (χ1n) is 26.6. The van der Waals surface area contributed by atoms with Gasteiger partial charge in [0.1, 0.15) is 24.9 Å². The van der Waals surface area contributed by atoms with E-state index in [1.807, 2.05) is 53.5 Å². The molecule has 6 rings (SSSR count). The van der Waals surface area contributed by atoms with Gasteiger partial charge in [-0.05, 0) is 89.6 Å². The maximum atomic E-state index is 13.3. The first-order chi connectivity index (χ1) is 40.3.